The summed E-state index contributed by atoms with van der Waals surface area (Å²) < 4.78 is 4.88. The molecule has 10 heavy (non-hydrogen) atoms. The third kappa shape index (κ3) is 0.579. The van der Waals surface area contributed by atoms with Crippen LogP contribution in [0.2, 0.25) is 0 Å². The van der Waals surface area contributed by atoms with Crippen molar-refractivity contribution in [2.45, 2.75) is 6.61 Å². The first-order chi connectivity index (χ1) is 4.83. The summed E-state index contributed by atoms with van der Waals surface area (Å²) in [5.41, 5.74) is 0.729. The van der Waals surface area contributed by atoms with Crippen LogP contribution >= 0.6 is 0 Å². The van der Waals surface area contributed by atoms with Gasteiger partial charge in [-0.1, -0.05) is 0 Å². The zero-order valence-electron chi connectivity index (χ0n) is 5.16. The standard InChI is InChI=1S/C7H6O3/c8-3-4-1-2-5(9)7-6(4)10-7/h1-2,8-9H,3H2. The zero-order valence-corrected chi connectivity index (χ0v) is 5.16. The first kappa shape index (κ1) is 5.56. The Labute approximate surface area is 57.5 Å². The molecule has 0 saturated heterocycles. The monoisotopic (exact) mass is 138 g/mol. The van der Waals surface area contributed by atoms with Crippen LogP contribution in [-0.4, -0.2) is 10.2 Å². The van der Waals surface area contributed by atoms with Crippen molar-refractivity contribution in [1.29, 1.82) is 0 Å². The van der Waals surface area contributed by atoms with Crippen LogP contribution in [0, 0.1) is 0 Å². The Balaban J connectivity index is 2.53. The van der Waals surface area contributed by atoms with Crippen molar-refractivity contribution in [2.75, 3.05) is 0 Å². The number of phenols is 1. The molecule has 1 aliphatic rings. The van der Waals surface area contributed by atoms with E-state index in [2.05, 4.69) is 0 Å². The Morgan fingerprint density at radius 2 is 2.10 bits per heavy atom. The Bertz CT molecular complexity index is 280. The van der Waals surface area contributed by atoms with Crippen LogP contribution in [0.5, 0.6) is 17.2 Å². The Morgan fingerprint density at radius 1 is 1.30 bits per heavy atom. The van der Waals surface area contributed by atoms with Gasteiger partial charge in [-0.2, -0.15) is 0 Å². The van der Waals surface area contributed by atoms with E-state index in [1.165, 1.54) is 6.07 Å². The van der Waals surface area contributed by atoms with Crippen LogP contribution < -0.4 is 4.74 Å². The van der Waals surface area contributed by atoms with Gasteiger partial charge in [-0.25, -0.2) is 0 Å². The van der Waals surface area contributed by atoms with Crippen molar-refractivity contribution in [3.63, 3.8) is 0 Å². The van der Waals surface area contributed by atoms with E-state index in [9.17, 15) is 0 Å². The molecule has 0 amide bonds. The van der Waals surface area contributed by atoms with E-state index in [1.807, 2.05) is 0 Å². The van der Waals surface area contributed by atoms with E-state index in [0.29, 0.717) is 11.5 Å². The summed E-state index contributed by atoms with van der Waals surface area (Å²) in [6.07, 6.45) is 0. The molecule has 1 heterocycles. The Hall–Kier alpha value is -1.22. The molecule has 0 aromatic heterocycles. The first-order valence-electron chi connectivity index (χ1n) is 2.96. The molecule has 0 fully saturated rings. The largest absolute Gasteiger partial charge is 0.504 e. The Morgan fingerprint density at radius 3 is 2.80 bits per heavy atom. The molecule has 0 aliphatic carbocycles. The SMILES string of the molecule is OCc1ccc(O)c2c1O2. The van der Waals surface area contributed by atoms with Crippen molar-refractivity contribution in [1.82, 2.24) is 0 Å². The summed E-state index contributed by atoms with van der Waals surface area (Å²) in [6.45, 7) is -0.0391. The van der Waals surface area contributed by atoms with Crippen LogP contribution in [0.25, 0.3) is 0 Å². The summed E-state index contributed by atoms with van der Waals surface area (Å²) in [4.78, 5) is 0. The average molecular weight is 138 g/mol. The molecule has 0 saturated carbocycles. The van der Waals surface area contributed by atoms with Gasteiger partial charge >= 0.3 is 0 Å². The molecule has 52 valence electrons. The van der Waals surface area contributed by atoms with Gasteiger partial charge in [0.05, 0.1) is 6.61 Å². The van der Waals surface area contributed by atoms with E-state index in [1.54, 1.807) is 6.07 Å². The highest BCUT2D eigenvalue weighted by atomic mass is 16.6. The molecule has 3 heteroatoms. The predicted octanol–water partition coefficient (Wildman–Crippen LogP) is 0.990. The maximum absolute atomic E-state index is 8.98. The minimum atomic E-state index is -0.0391. The number of ether oxygens (including phenoxy) is 1. The van der Waals surface area contributed by atoms with Gasteiger partial charge in [-0.05, 0) is 12.1 Å². The third-order valence-electron chi connectivity index (χ3n) is 1.51. The highest BCUT2D eigenvalue weighted by Gasteiger charge is 2.28. The summed E-state index contributed by atoms with van der Waals surface area (Å²) in [6, 6.07) is 3.15. The van der Waals surface area contributed by atoms with Gasteiger partial charge in [-0.15, -0.1) is 0 Å². The normalized spacial score (nSPS) is 12.1. The number of aromatic hydroxyl groups is 1. The summed E-state index contributed by atoms with van der Waals surface area (Å²) >= 11 is 0. The molecule has 0 unspecified atom stereocenters. The molecule has 1 aliphatic heterocycles. The summed E-state index contributed by atoms with van der Waals surface area (Å²) in [5, 5.41) is 17.7. The lowest BCUT2D eigenvalue weighted by molar-refractivity contribution is 0.281. The highest BCUT2D eigenvalue weighted by Crippen LogP contribution is 2.54. The van der Waals surface area contributed by atoms with E-state index >= 15 is 0 Å². The number of aliphatic hydroxyl groups excluding tert-OH is 1. The quantitative estimate of drug-likeness (QED) is 0.578. The van der Waals surface area contributed by atoms with E-state index in [0.717, 1.165) is 5.56 Å². The highest BCUT2D eigenvalue weighted by molar-refractivity contribution is 5.66. The van der Waals surface area contributed by atoms with Crippen LogP contribution in [0.1, 0.15) is 5.56 Å². The van der Waals surface area contributed by atoms with Crippen LogP contribution in [0.4, 0.5) is 0 Å². The van der Waals surface area contributed by atoms with Crippen molar-refractivity contribution >= 4 is 0 Å². The molecule has 2 N–H and O–H groups in total. The number of aliphatic hydroxyl groups is 1. The Kier molecular flexibility index (Phi) is 0.910. The summed E-state index contributed by atoms with van der Waals surface area (Å²) in [7, 11) is 0. The fourth-order valence-electron chi connectivity index (χ4n) is 0.912. The van der Waals surface area contributed by atoms with Crippen molar-refractivity contribution in [2.24, 2.45) is 0 Å². The second-order valence-electron chi connectivity index (χ2n) is 2.16. The molecule has 0 atom stereocenters. The number of rotatable bonds is 1. The second kappa shape index (κ2) is 1.64. The lowest BCUT2D eigenvalue weighted by Gasteiger charge is -1.87. The molecule has 0 spiro atoms. The average Bonchev–Trinajstić information content (AvgIpc) is 2.68. The van der Waals surface area contributed by atoms with E-state index < -0.39 is 0 Å². The predicted molar refractivity (Wildman–Crippen MR) is 34.1 cm³/mol. The first-order valence-corrected chi connectivity index (χ1v) is 2.96. The maximum Gasteiger partial charge on any atom is 0.212 e. The molecule has 3 nitrogen and oxygen atoms in total. The van der Waals surface area contributed by atoms with Crippen molar-refractivity contribution in [3.8, 4) is 17.2 Å². The lowest BCUT2D eigenvalue weighted by Crippen LogP contribution is -1.75. The van der Waals surface area contributed by atoms with Gasteiger partial charge in [0.25, 0.3) is 0 Å². The maximum atomic E-state index is 8.98. The van der Waals surface area contributed by atoms with E-state index in [-0.39, 0.29) is 12.4 Å². The summed E-state index contributed by atoms with van der Waals surface area (Å²) in [5.74, 6) is 1.28. The lowest BCUT2D eigenvalue weighted by atomic mass is 10.2. The minimum absolute atomic E-state index is 0.0391. The molecule has 2 rings (SSSR count). The topological polar surface area (TPSA) is 53.0 Å². The minimum Gasteiger partial charge on any atom is -0.504 e. The molecule has 1 aromatic carbocycles. The molecular weight excluding hydrogens is 132 g/mol. The van der Waals surface area contributed by atoms with Crippen LogP contribution in [0.3, 0.4) is 0 Å². The number of phenolic OH excluding ortho intramolecular Hbond substituents is 1. The van der Waals surface area contributed by atoms with E-state index in [4.69, 9.17) is 14.9 Å². The van der Waals surface area contributed by atoms with Crippen LogP contribution in [-0.2, 0) is 6.61 Å². The number of benzene rings is 1. The molecule has 0 radical (unpaired) electrons. The zero-order chi connectivity index (χ0) is 7.14. The number of fused-ring (bicyclic) bond motifs is 1. The fraction of sp³-hybridized carbons (Fsp3) is 0.143. The third-order valence-corrected chi connectivity index (χ3v) is 1.51. The van der Waals surface area contributed by atoms with Crippen LogP contribution in [0.15, 0.2) is 12.1 Å². The van der Waals surface area contributed by atoms with Gasteiger partial charge in [0, 0.05) is 5.56 Å². The number of hydrogen-bond acceptors (Lipinski definition) is 3. The number of hydrogen-bond donors (Lipinski definition) is 2. The van der Waals surface area contributed by atoms with Gasteiger partial charge in [0.1, 0.15) is 0 Å². The molecule has 1 aromatic rings. The molecule has 0 bridgehead atoms. The fourth-order valence-corrected chi connectivity index (χ4v) is 0.912. The van der Waals surface area contributed by atoms with Gasteiger partial charge in [-0.3, -0.25) is 0 Å². The van der Waals surface area contributed by atoms with Gasteiger partial charge in [0.2, 0.25) is 5.75 Å². The van der Waals surface area contributed by atoms with Crippen molar-refractivity contribution in [3.05, 3.63) is 17.7 Å². The smallest absolute Gasteiger partial charge is 0.212 e. The second-order valence-corrected chi connectivity index (χ2v) is 2.16. The van der Waals surface area contributed by atoms with Gasteiger partial charge in [0.15, 0.2) is 11.5 Å². The molecular formula is C7H6O3. The van der Waals surface area contributed by atoms with Gasteiger partial charge < -0.3 is 14.9 Å². The van der Waals surface area contributed by atoms with Crippen molar-refractivity contribution < 1.29 is 14.9 Å².